The summed E-state index contributed by atoms with van der Waals surface area (Å²) in [5, 5.41) is 2.85. The monoisotopic (exact) mass is 223 g/mol. The Balaban J connectivity index is 2.15. The molecule has 80 valence electrons. The standard InChI is InChI=1S/C12H14ClNO/c1-8(13)10-4-2-3-5-11(10)14-12(15)9-6-7-9/h2-5,8-9H,6-7H2,1H3,(H,14,15). The van der Waals surface area contributed by atoms with Crippen molar-refractivity contribution in [1.82, 2.24) is 0 Å². The molecule has 1 aliphatic rings. The van der Waals surface area contributed by atoms with Gasteiger partial charge in [-0.2, -0.15) is 0 Å². The molecule has 0 radical (unpaired) electrons. The van der Waals surface area contributed by atoms with Crippen molar-refractivity contribution in [2.75, 3.05) is 5.32 Å². The Bertz CT molecular complexity index is 372. The van der Waals surface area contributed by atoms with Crippen molar-refractivity contribution in [3.8, 4) is 0 Å². The molecule has 0 spiro atoms. The Hall–Kier alpha value is -1.02. The molecule has 0 aromatic heterocycles. The van der Waals surface area contributed by atoms with E-state index in [0.717, 1.165) is 24.1 Å². The zero-order valence-electron chi connectivity index (χ0n) is 8.66. The zero-order valence-corrected chi connectivity index (χ0v) is 9.42. The van der Waals surface area contributed by atoms with E-state index in [2.05, 4.69) is 5.32 Å². The molecule has 1 aromatic rings. The van der Waals surface area contributed by atoms with E-state index in [1.54, 1.807) is 0 Å². The van der Waals surface area contributed by atoms with Gasteiger partial charge in [-0.3, -0.25) is 4.79 Å². The van der Waals surface area contributed by atoms with Crippen molar-refractivity contribution in [3.63, 3.8) is 0 Å². The van der Waals surface area contributed by atoms with Gasteiger partial charge in [0.05, 0.1) is 5.38 Å². The van der Waals surface area contributed by atoms with Crippen LogP contribution in [0, 0.1) is 5.92 Å². The SMILES string of the molecule is CC(Cl)c1ccccc1NC(=O)C1CC1. The second-order valence-electron chi connectivity index (χ2n) is 3.97. The molecule has 2 rings (SSSR count). The van der Waals surface area contributed by atoms with E-state index >= 15 is 0 Å². The molecular weight excluding hydrogens is 210 g/mol. The maximum absolute atomic E-state index is 11.6. The minimum atomic E-state index is -0.0827. The van der Waals surface area contributed by atoms with Gasteiger partial charge in [-0.15, -0.1) is 11.6 Å². The van der Waals surface area contributed by atoms with Gasteiger partial charge in [0.25, 0.3) is 0 Å². The number of anilines is 1. The topological polar surface area (TPSA) is 29.1 Å². The van der Waals surface area contributed by atoms with Crippen molar-refractivity contribution in [1.29, 1.82) is 0 Å². The van der Waals surface area contributed by atoms with Gasteiger partial charge in [0.1, 0.15) is 0 Å². The van der Waals surface area contributed by atoms with Gasteiger partial charge in [-0.05, 0) is 31.4 Å². The number of rotatable bonds is 3. The first-order valence-electron chi connectivity index (χ1n) is 5.22. The summed E-state index contributed by atoms with van der Waals surface area (Å²) < 4.78 is 0. The molecule has 3 heteroatoms. The summed E-state index contributed by atoms with van der Waals surface area (Å²) in [6.07, 6.45) is 2.04. The molecule has 1 unspecified atom stereocenters. The quantitative estimate of drug-likeness (QED) is 0.783. The fourth-order valence-electron chi connectivity index (χ4n) is 1.54. The van der Waals surface area contributed by atoms with Crippen LogP contribution in [0.15, 0.2) is 24.3 Å². The van der Waals surface area contributed by atoms with E-state index in [-0.39, 0.29) is 17.2 Å². The zero-order chi connectivity index (χ0) is 10.8. The number of amides is 1. The van der Waals surface area contributed by atoms with Gasteiger partial charge in [0, 0.05) is 11.6 Å². The maximum Gasteiger partial charge on any atom is 0.227 e. The molecule has 1 atom stereocenters. The van der Waals surface area contributed by atoms with E-state index in [9.17, 15) is 4.79 Å². The first-order valence-corrected chi connectivity index (χ1v) is 5.66. The van der Waals surface area contributed by atoms with Crippen LogP contribution in [0.2, 0.25) is 0 Å². The summed E-state index contributed by atoms with van der Waals surface area (Å²) >= 11 is 6.04. The Labute approximate surface area is 94.6 Å². The molecule has 0 heterocycles. The van der Waals surface area contributed by atoms with Crippen LogP contribution in [0.1, 0.15) is 30.7 Å². The predicted molar refractivity (Wildman–Crippen MR) is 62.1 cm³/mol. The summed E-state index contributed by atoms with van der Waals surface area (Å²) in [4.78, 5) is 11.6. The van der Waals surface area contributed by atoms with E-state index in [1.807, 2.05) is 31.2 Å². The highest BCUT2D eigenvalue weighted by molar-refractivity contribution is 6.21. The second kappa shape index (κ2) is 4.23. The summed E-state index contributed by atoms with van der Waals surface area (Å²) in [7, 11) is 0. The molecular formula is C12H14ClNO. The third kappa shape index (κ3) is 2.51. The van der Waals surface area contributed by atoms with Crippen LogP contribution in [0.5, 0.6) is 0 Å². The molecule has 0 saturated heterocycles. The highest BCUT2D eigenvalue weighted by Gasteiger charge is 2.29. The van der Waals surface area contributed by atoms with Crippen molar-refractivity contribution in [2.24, 2.45) is 5.92 Å². The smallest absolute Gasteiger partial charge is 0.227 e. The van der Waals surface area contributed by atoms with Gasteiger partial charge in [-0.1, -0.05) is 18.2 Å². The van der Waals surface area contributed by atoms with E-state index in [0.29, 0.717) is 0 Å². The van der Waals surface area contributed by atoms with E-state index in [1.165, 1.54) is 0 Å². The third-order valence-corrected chi connectivity index (χ3v) is 2.83. The maximum atomic E-state index is 11.6. The minimum Gasteiger partial charge on any atom is -0.326 e. The molecule has 2 nitrogen and oxygen atoms in total. The predicted octanol–water partition coefficient (Wildman–Crippen LogP) is 3.33. The number of benzene rings is 1. The average Bonchev–Trinajstić information content (AvgIpc) is 3.01. The van der Waals surface area contributed by atoms with Crippen LogP contribution in [-0.2, 0) is 4.79 Å². The van der Waals surface area contributed by atoms with Crippen molar-refractivity contribution < 1.29 is 4.79 Å². The lowest BCUT2D eigenvalue weighted by molar-refractivity contribution is -0.117. The summed E-state index contributed by atoms with van der Waals surface area (Å²) in [5.74, 6) is 0.350. The fourth-order valence-corrected chi connectivity index (χ4v) is 1.73. The summed E-state index contributed by atoms with van der Waals surface area (Å²) in [6.45, 7) is 1.91. The Morgan fingerprint density at radius 3 is 2.73 bits per heavy atom. The number of carbonyl (C=O) groups excluding carboxylic acids is 1. The Morgan fingerprint density at radius 1 is 1.47 bits per heavy atom. The first kappa shape index (κ1) is 10.5. The number of carbonyl (C=O) groups is 1. The summed E-state index contributed by atoms with van der Waals surface area (Å²) in [5.41, 5.74) is 1.82. The van der Waals surface area contributed by atoms with Gasteiger partial charge in [0.2, 0.25) is 5.91 Å². The van der Waals surface area contributed by atoms with Gasteiger partial charge >= 0.3 is 0 Å². The molecule has 1 aromatic carbocycles. The Morgan fingerprint density at radius 2 is 2.13 bits per heavy atom. The highest BCUT2D eigenvalue weighted by atomic mass is 35.5. The highest BCUT2D eigenvalue weighted by Crippen LogP contribution is 2.32. The molecule has 1 saturated carbocycles. The molecule has 0 bridgehead atoms. The van der Waals surface area contributed by atoms with Crippen LogP contribution in [-0.4, -0.2) is 5.91 Å². The van der Waals surface area contributed by atoms with E-state index < -0.39 is 0 Å². The molecule has 1 fully saturated rings. The molecule has 0 aliphatic heterocycles. The van der Waals surface area contributed by atoms with Gasteiger partial charge in [0.15, 0.2) is 0 Å². The van der Waals surface area contributed by atoms with Crippen LogP contribution in [0.25, 0.3) is 0 Å². The number of para-hydroxylation sites is 1. The Kier molecular flexibility index (Phi) is 2.96. The molecule has 1 aliphatic carbocycles. The lowest BCUT2D eigenvalue weighted by Gasteiger charge is -2.11. The van der Waals surface area contributed by atoms with Crippen LogP contribution in [0.4, 0.5) is 5.69 Å². The van der Waals surface area contributed by atoms with E-state index in [4.69, 9.17) is 11.6 Å². The number of hydrogen-bond donors (Lipinski definition) is 1. The lowest BCUT2D eigenvalue weighted by atomic mass is 10.1. The van der Waals surface area contributed by atoms with Crippen LogP contribution < -0.4 is 5.32 Å². The van der Waals surface area contributed by atoms with Crippen LogP contribution >= 0.6 is 11.6 Å². The fraction of sp³-hybridized carbons (Fsp3) is 0.417. The number of hydrogen-bond acceptors (Lipinski definition) is 1. The first-order chi connectivity index (χ1) is 7.18. The third-order valence-electron chi connectivity index (χ3n) is 2.60. The lowest BCUT2D eigenvalue weighted by Crippen LogP contribution is -2.14. The molecule has 1 amide bonds. The number of halogens is 1. The molecule has 15 heavy (non-hydrogen) atoms. The van der Waals surface area contributed by atoms with Gasteiger partial charge in [-0.25, -0.2) is 0 Å². The van der Waals surface area contributed by atoms with Crippen molar-refractivity contribution in [2.45, 2.75) is 25.1 Å². The number of alkyl halides is 1. The number of nitrogens with one attached hydrogen (secondary N) is 1. The van der Waals surface area contributed by atoms with Crippen molar-refractivity contribution in [3.05, 3.63) is 29.8 Å². The van der Waals surface area contributed by atoms with Crippen LogP contribution in [0.3, 0.4) is 0 Å². The minimum absolute atomic E-state index is 0.0827. The largest absolute Gasteiger partial charge is 0.326 e. The van der Waals surface area contributed by atoms with Gasteiger partial charge < -0.3 is 5.32 Å². The molecule has 1 N–H and O–H groups in total. The normalized spacial score (nSPS) is 17.2. The van der Waals surface area contributed by atoms with Crippen molar-refractivity contribution >= 4 is 23.2 Å². The average molecular weight is 224 g/mol. The summed E-state index contributed by atoms with van der Waals surface area (Å²) in [6, 6.07) is 7.68. The second-order valence-corrected chi connectivity index (χ2v) is 4.62.